The minimum absolute atomic E-state index is 0.0255. The van der Waals surface area contributed by atoms with Crippen LogP contribution in [0.2, 0.25) is 0 Å². The van der Waals surface area contributed by atoms with Crippen LogP contribution in [0.1, 0.15) is 35.3 Å². The highest BCUT2D eigenvalue weighted by molar-refractivity contribution is 7.12. The number of Topliss-reactive ketones (excluding diaryl/α,β-unsaturated/α-hetero) is 1. The Morgan fingerprint density at radius 2 is 1.96 bits per heavy atom. The number of carbonyl (C=O) groups excluding carboxylic acids is 2. The van der Waals surface area contributed by atoms with Gasteiger partial charge in [0.25, 0.3) is 0 Å². The summed E-state index contributed by atoms with van der Waals surface area (Å²) < 4.78 is 2.12. The Hall–Kier alpha value is -2.47. The fourth-order valence-electron chi connectivity index (χ4n) is 2.87. The van der Waals surface area contributed by atoms with Crippen molar-refractivity contribution in [1.82, 2.24) is 14.5 Å². The lowest BCUT2D eigenvalue weighted by molar-refractivity contribution is -0.130. The average molecular weight is 355 g/mol. The van der Waals surface area contributed by atoms with Gasteiger partial charge in [-0.15, -0.1) is 11.3 Å². The molecule has 0 N–H and O–H groups in total. The van der Waals surface area contributed by atoms with E-state index in [0.29, 0.717) is 11.4 Å². The lowest BCUT2D eigenvalue weighted by Crippen LogP contribution is -2.28. The summed E-state index contributed by atoms with van der Waals surface area (Å²) in [6, 6.07) is 11.6. The van der Waals surface area contributed by atoms with Gasteiger partial charge < -0.3 is 9.47 Å². The molecule has 0 aliphatic heterocycles. The minimum atomic E-state index is -0.0420. The summed E-state index contributed by atoms with van der Waals surface area (Å²) in [5, 5.41) is 1.87. The lowest BCUT2D eigenvalue weighted by Gasteiger charge is -2.17. The summed E-state index contributed by atoms with van der Waals surface area (Å²) in [5.74, 6) is 0.848. The van der Waals surface area contributed by atoms with Crippen LogP contribution in [0.15, 0.2) is 41.8 Å². The Bertz CT molecular complexity index is 883. The topological polar surface area (TPSA) is 55.2 Å². The second-order valence-electron chi connectivity index (χ2n) is 5.91. The first-order valence-electron chi connectivity index (χ1n) is 8.35. The molecule has 2 aromatic heterocycles. The molecule has 0 fully saturated rings. The average Bonchev–Trinajstić information content (AvgIpc) is 3.26. The molecule has 0 aliphatic carbocycles. The van der Waals surface area contributed by atoms with Crippen molar-refractivity contribution >= 4 is 34.1 Å². The molecule has 6 heteroatoms. The number of hydrogen-bond donors (Lipinski definition) is 0. The predicted octanol–water partition coefficient (Wildman–Crippen LogP) is 3.74. The van der Waals surface area contributed by atoms with E-state index >= 15 is 0 Å². The van der Waals surface area contributed by atoms with Crippen LogP contribution in [0, 0.1) is 0 Å². The van der Waals surface area contributed by atoms with Crippen molar-refractivity contribution in [3.05, 3.63) is 52.5 Å². The van der Waals surface area contributed by atoms with Crippen molar-refractivity contribution in [1.29, 1.82) is 0 Å². The van der Waals surface area contributed by atoms with Crippen LogP contribution in [0.25, 0.3) is 11.0 Å². The zero-order valence-corrected chi connectivity index (χ0v) is 15.3. The smallest absolute Gasteiger partial charge is 0.223 e. The van der Waals surface area contributed by atoms with E-state index in [9.17, 15) is 9.59 Å². The minimum Gasteiger partial charge on any atom is -0.338 e. The summed E-state index contributed by atoms with van der Waals surface area (Å²) in [7, 11) is 1.76. The summed E-state index contributed by atoms with van der Waals surface area (Å²) in [6.07, 6.45) is 0.466. The Morgan fingerprint density at radius 1 is 1.16 bits per heavy atom. The Labute approximate surface area is 150 Å². The monoisotopic (exact) mass is 355 g/mol. The SMILES string of the molecule is CCn1c(CN(C)C(=O)CCC(=O)c2cccs2)nc2ccccc21. The first kappa shape index (κ1) is 17.4. The Balaban J connectivity index is 1.64. The Kier molecular flexibility index (Phi) is 5.28. The lowest BCUT2D eigenvalue weighted by atomic mass is 10.2. The van der Waals surface area contributed by atoms with E-state index in [0.717, 1.165) is 23.4 Å². The summed E-state index contributed by atoms with van der Waals surface area (Å²) in [4.78, 5) is 31.4. The molecular weight excluding hydrogens is 334 g/mol. The van der Waals surface area contributed by atoms with Crippen molar-refractivity contribution in [3.8, 4) is 0 Å². The number of imidazole rings is 1. The number of benzene rings is 1. The molecule has 2 heterocycles. The number of ketones is 1. The third kappa shape index (κ3) is 3.79. The van der Waals surface area contributed by atoms with Gasteiger partial charge in [0.1, 0.15) is 5.82 Å². The molecule has 25 heavy (non-hydrogen) atoms. The number of amides is 1. The predicted molar refractivity (Wildman–Crippen MR) is 99.8 cm³/mol. The third-order valence-electron chi connectivity index (χ3n) is 4.22. The van der Waals surface area contributed by atoms with E-state index in [4.69, 9.17) is 0 Å². The maximum atomic E-state index is 12.4. The van der Waals surface area contributed by atoms with Gasteiger partial charge in [0.15, 0.2) is 5.78 Å². The molecule has 5 nitrogen and oxygen atoms in total. The standard InChI is InChI=1S/C19H21N3O2S/c1-3-22-15-8-5-4-7-14(15)20-18(22)13-21(2)19(24)11-10-16(23)17-9-6-12-25-17/h4-9,12H,3,10-11,13H2,1-2H3. The fraction of sp³-hybridized carbons (Fsp3) is 0.316. The first-order chi connectivity index (χ1) is 12.1. The van der Waals surface area contributed by atoms with E-state index in [1.807, 2.05) is 35.7 Å². The van der Waals surface area contributed by atoms with Crippen molar-refractivity contribution in [2.75, 3.05) is 7.05 Å². The number of carbonyl (C=O) groups is 2. The van der Waals surface area contributed by atoms with Crippen molar-refractivity contribution in [3.63, 3.8) is 0 Å². The number of thiophene rings is 1. The van der Waals surface area contributed by atoms with Crippen molar-refractivity contribution in [2.24, 2.45) is 0 Å². The van der Waals surface area contributed by atoms with E-state index in [1.54, 1.807) is 18.0 Å². The van der Waals surface area contributed by atoms with Crippen LogP contribution in [0.4, 0.5) is 0 Å². The molecule has 1 aromatic carbocycles. The van der Waals surface area contributed by atoms with E-state index in [-0.39, 0.29) is 24.5 Å². The van der Waals surface area contributed by atoms with Crippen LogP contribution in [-0.2, 0) is 17.9 Å². The third-order valence-corrected chi connectivity index (χ3v) is 5.13. The molecule has 0 unspecified atom stereocenters. The summed E-state index contributed by atoms with van der Waals surface area (Å²) >= 11 is 1.41. The van der Waals surface area contributed by atoms with Gasteiger partial charge >= 0.3 is 0 Å². The van der Waals surface area contributed by atoms with E-state index in [1.165, 1.54) is 11.3 Å². The van der Waals surface area contributed by atoms with E-state index < -0.39 is 0 Å². The maximum absolute atomic E-state index is 12.4. The van der Waals surface area contributed by atoms with Gasteiger partial charge in [-0.05, 0) is 30.5 Å². The van der Waals surface area contributed by atoms with Gasteiger partial charge in [0, 0.05) is 26.4 Å². The van der Waals surface area contributed by atoms with Crippen LogP contribution in [0.3, 0.4) is 0 Å². The van der Waals surface area contributed by atoms with Crippen LogP contribution in [0.5, 0.6) is 0 Å². The highest BCUT2D eigenvalue weighted by Gasteiger charge is 2.16. The van der Waals surface area contributed by atoms with Gasteiger partial charge in [-0.25, -0.2) is 4.98 Å². The number of para-hydroxylation sites is 2. The largest absolute Gasteiger partial charge is 0.338 e. The van der Waals surface area contributed by atoms with Crippen LogP contribution in [-0.4, -0.2) is 33.2 Å². The summed E-state index contributed by atoms with van der Waals surface area (Å²) in [5.41, 5.74) is 2.02. The molecule has 0 saturated heterocycles. The Morgan fingerprint density at radius 3 is 2.68 bits per heavy atom. The number of aromatic nitrogens is 2. The van der Waals surface area contributed by atoms with Gasteiger partial charge in [0.05, 0.1) is 22.5 Å². The molecule has 0 atom stereocenters. The molecule has 0 spiro atoms. The first-order valence-corrected chi connectivity index (χ1v) is 9.23. The van der Waals surface area contributed by atoms with Gasteiger partial charge in [-0.1, -0.05) is 18.2 Å². The zero-order valence-electron chi connectivity index (χ0n) is 14.4. The molecule has 130 valence electrons. The van der Waals surface area contributed by atoms with Gasteiger partial charge in [-0.2, -0.15) is 0 Å². The quantitative estimate of drug-likeness (QED) is 0.607. The normalized spacial score (nSPS) is 11.0. The summed E-state index contributed by atoms with van der Waals surface area (Å²) in [6.45, 7) is 3.31. The van der Waals surface area contributed by atoms with Gasteiger partial charge in [0.2, 0.25) is 5.91 Å². The van der Waals surface area contributed by atoms with Crippen LogP contribution >= 0.6 is 11.3 Å². The fourth-order valence-corrected chi connectivity index (χ4v) is 3.57. The molecule has 0 radical (unpaired) electrons. The molecule has 3 aromatic rings. The zero-order chi connectivity index (χ0) is 17.8. The number of nitrogens with zero attached hydrogens (tertiary/aromatic N) is 3. The van der Waals surface area contributed by atoms with E-state index in [2.05, 4.69) is 16.5 Å². The van der Waals surface area contributed by atoms with Crippen LogP contribution < -0.4 is 0 Å². The molecule has 0 bridgehead atoms. The number of hydrogen-bond acceptors (Lipinski definition) is 4. The molecule has 0 aliphatic rings. The number of rotatable bonds is 7. The molecule has 3 rings (SSSR count). The molecular formula is C19H21N3O2S. The molecule has 0 saturated carbocycles. The second kappa shape index (κ2) is 7.61. The maximum Gasteiger partial charge on any atom is 0.223 e. The highest BCUT2D eigenvalue weighted by atomic mass is 32.1. The van der Waals surface area contributed by atoms with Crippen molar-refractivity contribution in [2.45, 2.75) is 32.9 Å². The van der Waals surface area contributed by atoms with Crippen molar-refractivity contribution < 1.29 is 9.59 Å². The molecule has 1 amide bonds. The van der Waals surface area contributed by atoms with Gasteiger partial charge in [-0.3, -0.25) is 9.59 Å². The highest BCUT2D eigenvalue weighted by Crippen LogP contribution is 2.18. The number of fused-ring (bicyclic) bond motifs is 1. The number of aryl methyl sites for hydroxylation is 1. The second-order valence-corrected chi connectivity index (χ2v) is 6.86.